The van der Waals surface area contributed by atoms with Crippen molar-refractivity contribution in [2.45, 2.75) is 31.4 Å². The topological polar surface area (TPSA) is 127 Å². The predicted molar refractivity (Wildman–Crippen MR) is 118 cm³/mol. The molecule has 0 aliphatic carbocycles. The van der Waals surface area contributed by atoms with Gasteiger partial charge < -0.3 is 14.8 Å². The molecule has 166 valence electrons. The molecule has 2 N–H and O–H groups in total. The fourth-order valence-electron chi connectivity index (χ4n) is 3.63. The molecule has 0 aliphatic heterocycles. The summed E-state index contributed by atoms with van der Waals surface area (Å²) in [6.07, 6.45) is 1.08. The summed E-state index contributed by atoms with van der Waals surface area (Å²) in [7, 11) is -3.75. The van der Waals surface area contributed by atoms with Gasteiger partial charge >= 0.3 is 6.16 Å². The first-order valence-corrected chi connectivity index (χ1v) is 11.5. The minimum Gasteiger partial charge on any atom is -0.449 e. The summed E-state index contributed by atoms with van der Waals surface area (Å²) >= 11 is 6.34. The number of hydrogen-bond acceptors (Lipinski definition) is 6. The zero-order valence-corrected chi connectivity index (χ0v) is 19.0. The van der Waals surface area contributed by atoms with Gasteiger partial charge in [0.2, 0.25) is 5.95 Å². The number of carboxylic acid groups (broad SMARTS) is 1. The predicted octanol–water partition coefficient (Wildman–Crippen LogP) is 4.36. The Bertz CT molecular complexity index is 1450. The minimum atomic E-state index is -3.75. The van der Waals surface area contributed by atoms with E-state index in [0.29, 0.717) is 11.0 Å². The van der Waals surface area contributed by atoms with Crippen LogP contribution in [-0.4, -0.2) is 39.4 Å². The Morgan fingerprint density at radius 2 is 1.88 bits per heavy atom. The van der Waals surface area contributed by atoms with Crippen molar-refractivity contribution in [2.24, 2.45) is 0 Å². The highest BCUT2D eigenvalue weighted by molar-refractivity contribution is 7.90. The molecular formula is C21H19ClN4O5S. The third-order valence-electron chi connectivity index (χ3n) is 5.01. The van der Waals surface area contributed by atoms with Crippen molar-refractivity contribution in [2.75, 3.05) is 0 Å². The number of H-pyrrole nitrogens is 1. The van der Waals surface area contributed by atoms with Crippen molar-refractivity contribution < 1.29 is 23.1 Å². The van der Waals surface area contributed by atoms with Gasteiger partial charge in [-0.2, -0.15) is 5.10 Å². The number of halogens is 1. The third-order valence-corrected chi connectivity index (χ3v) is 7.12. The van der Waals surface area contributed by atoms with Crippen LogP contribution >= 0.6 is 11.6 Å². The van der Waals surface area contributed by atoms with Gasteiger partial charge in [-0.1, -0.05) is 29.3 Å². The SMILES string of the molecule is Cc1cc(C)c(CS(=O)(=O)c2cc3nc(-n4cc(OC(=O)O)cn4)[nH]c3cc2Cl)c(C)c1. The average Bonchev–Trinajstić information content (AvgIpc) is 3.29. The van der Waals surface area contributed by atoms with Gasteiger partial charge in [0.25, 0.3) is 0 Å². The summed E-state index contributed by atoms with van der Waals surface area (Å²) in [5, 5.41) is 12.8. The summed E-state index contributed by atoms with van der Waals surface area (Å²) in [5.41, 5.74) is 4.50. The molecule has 2 aromatic heterocycles. The van der Waals surface area contributed by atoms with Crippen LogP contribution < -0.4 is 4.74 Å². The smallest absolute Gasteiger partial charge is 0.449 e. The number of ether oxygens (including phenoxy) is 1. The van der Waals surface area contributed by atoms with Gasteiger partial charge in [0.15, 0.2) is 15.6 Å². The molecule has 4 rings (SSSR count). The van der Waals surface area contributed by atoms with E-state index in [2.05, 4.69) is 19.8 Å². The summed E-state index contributed by atoms with van der Waals surface area (Å²) in [5.74, 6) is 0.0850. The highest BCUT2D eigenvalue weighted by Crippen LogP contribution is 2.31. The molecule has 2 aromatic carbocycles. The molecule has 9 nitrogen and oxygen atoms in total. The lowest BCUT2D eigenvalue weighted by Gasteiger charge is -2.13. The Morgan fingerprint density at radius 3 is 2.53 bits per heavy atom. The maximum absolute atomic E-state index is 13.2. The van der Waals surface area contributed by atoms with Gasteiger partial charge in [0.05, 0.1) is 39.1 Å². The molecule has 0 bridgehead atoms. The molecule has 32 heavy (non-hydrogen) atoms. The summed E-state index contributed by atoms with van der Waals surface area (Å²) < 4.78 is 32.3. The number of nitrogens with one attached hydrogen (secondary N) is 1. The number of rotatable bonds is 5. The molecule has 4 aromatic rings. The highest BCUT2D eigenvalue weighted by atomic mass is 35.5. The highest BCUT2D eigenvalue weighted by Gasteiger charge is 2.23. The number of imidazole rings is 1. The number of carbonyl (C=O) groups is 1. The zero-order chi connectivity index (χ0) is 23.2. The van der Waals surface area contributed by atoms with E-state index >= 15 is 0 Å². The second kappa shape index (κ2) is 7.95. The van der Waals surface area contributed by atoms with Crippen LogP contribution in [0.2, 0.25) is 5.02 Å². The number of aromatic amines is 1. The van der Waals surface area contributed by atoms with E-state index in [1.54, 1.807) is 0 Å². The van der Waals surface area contributed by atoms with Gasteiger partial charge in [-0.25, -0.2) is 22.9 Å². The molecule has 11 heteroatoms. The van der Waals surface area contributed by atoms with Gasteiger partial charge in [-0.15, -0.1) is 0 Å². The number of aryl methyl sites for hydroxylation is 3. The molecule has 0 spiro atoms. The standard InChI is InChI=1S/C21H19ClN4O5S/c1-11-4-12(2)15(13(3)5-11)10-32(29,30)19-7-18-17(6-16(19)22)24-20(25-18)26-9-14(8-23-26)31-21(27)28/h4-9H,10H2,1-3H3,(H,24,25)(H,27,28). The normalized spacial score (nSPS) is 11.8. The van der Waals surface area contributed by atoms with Gasteiger partial charge in [-0.05, 0) is 49.6 Å². The lowest BCUT2D eigenvalue weighted by atomic mass is 10.0. The van der Waals surface area contributed by atoms with Crippen LogP contribution in [0.1, 0.15) is 22.3 Å². The van der Waals surface area contributed by atoms with Crippen molar-refractivity contribution in [3.05, 3.63) is 63.9 Å². The van der Waals surface area contributed by atoms with Gasteiger partial charge in [0, 0.05) is 0 Å². The first kappa shape index (κ1) is 21.8. The second-order valence-corrected chi connectivity index (χ2v) is 9.85. The van der Waals surface area contributed by atoms with E-state index < -0.39 is 16.0 Å². The molecule has 0 saturated carbocycles. The molecule has 0 unspecified atom stereocenters. The van der Waals surface area contributed by atoms with Crippen molar-refractivity contribution >= 4 is 38.6 Å². The van der Waals surface area contributed by atoms with Crippen molar-refractivity contribution in [3.8, 4) is 11.7 Å². The van der Waals surface area contributed by atoms with Crippen molar-refractivity contribution in [3.63, 3.8) is 0 Å². The van der Waals surface area contributed by atoms with Crippen LogP contribution in [0.5, 0.6) is 5.75 Å². The third kappa shape index (κ3) is 4.19. The van der Waals surface area contributed by atoms with E-state index in [1.807, 2.05) is 32.9 Å². The average molecular weight is 475 g/mol. The number of hydrogen-bond donors (Lipinski definition) is 2. The minimum absolute atomic E-state index is 0.0144. The summed E-state index contributed by atoms with van der Waals surface area (Å²) in [6, 6.07) is 6.82. The molecule has 0 saturated heterocycles. The van der Waals surface area contributed by atoms with Crippen LogP contribution in [0.4, 0.5) is 4.79 Å². The molecule has 0 atom stereocenters. The van der Waals surface area contributed by atoms with E-state index in [0.717, 1.165) is 22.3 Å². The maximum Gasteiger partial charge on any atom is 0.511 e. The summed E-state index contributed by atoms with van der Waals surface area (Å²) in [6.45, 7) is 5.75. The van der Waals surface area contributed by atoms with E-state index in [-0.39, 0.29) is 27.4 Å². The Morgan fingerprint density at radius 1 is 1.19 bits per heavy atom. The Kier molecular flexibility index (Phi) is 5.43. The van der Waals surface area contributed by atoms with Crippen LogP contribution in [0.15, 0.2) is 41.6 Å². The molecule has 0 fully saturated rings. The first-order valence-electron chi connectivity index (χ1n) is 9.48. The molecule has 0 aliphatic rings. The fraction of sp³-hybridized carbons (Fsp3) is 0.190. The zero-order valence-electron chi connectivity index (χ0n) is 17.4. The second-order valence-electron chi connectivity index (χ2n) is 7.49. The monoisotopic (exact) mass is 474 g/mol. The van der Waals surface area contributed by atoms with Gasteiger partial charge in [-0.3, -0.25) is 0 Å². The largest absolute Gasteiger partial charge is 0.511 e. The number of nitrogens with zero attached hydrogens (tertiary/aromatic N) is 3. The number of aromatic nitrogens is 4. The molecular weight excluding hydrogens is 456 g/mol. The lowest BCUT2D eigenvalue weighted by molar-refractivity contribution is 0.144. The molecule has 0 amide bonds. The van der Waals surface area contributed by atoms with E-state index in [1.165, 1.54) is 29.2 Å². The molecule has 0 radical (unpaired) electrons. The van der Waals surface area contributed by atoms with Gasteiger partial charge in [0.1, 0.15) is 0 Å². The first-order chi connectivity index (χ1) is 15.0. The van der Waals surface area contributed by atoms with Crippen molar-refractivity contribution in [1.29, 1.82) is 0 Å². The number of sulfone groups is 1. The fourth-order valence-corrected chi connectivity index (χ4v) is 5.78. The van der Waals surface area contributed by atoms with Crippen LogP contribution in [0, 0.1) is 20.8 Å². The lowest BCUT2D eigenvalue weighted by Crippen LogP contribution is -2.08. The Hall–Kier alpha value is -3.37. The summed E-state index contributed by atoms with van der Waals surface area (Å²) in [4.78, 5) is 18.0. The maximum atomic E-state index is 13.2. The van der Waals surface area contributed by atoms with Crippen molar-refractivity contribution in [1.82, 2.24) is 19.7 Å². The molecule has 2 heterocycles. The van der Waals surface area contributed by atoms with Crippen LogP contribution in [0.25, 0.3) is 17.0 Å². The number of fused-ring (bicyclic) bond motifs is 1. The Balaban J connectivity index is 1.71. The number of benzene rings is 2. The quantitative estimate of drug-likeness (QED) is 0.411. The van der Waals surface area contributed by atoms with Crippen LogP contribution in [0.3, 0.4) is 0 Å². The van der Waals surface area contributed by atoms with E-state index in [4.69, 9.17) is 16.7 Å². The Labute approximate surface area is 188 Å². The van der Waals surface area contributed by atoms with Crippen LogP contribution in [-0.2, 0) is 15.6 Å². The van der Waals surface area contributed by atoms with E-state index in [9.17, 15) is 13.2 Å².